The predicted molar refractivity (Wildman–Crippen MR) is 155 cm³/mol. The fourth-order valence-corrected chi connectivity index (χ4v) is 5.81. The summed E-state index contributed by atoms with van der Waals surface area (Å²) < 4.78 is 0. The molecule has 8 heteroatoms. The Labute approximate surface area is 237 Å². The molecular weight excluding hydrogens is 541 g/mol. The SMILES string of the molecule is CC1(C)CC(=O)C2=C(C1)Nc1ccccc1N(CC(=O)NCc1ccccc1Cl)C2c1ccc(Cl)c(Cl)c1. The normalized spacial score (nSPS) is 18.3. The number of allylic oxidation sites excluding steroid dienone is 1. The number of hydrogen-bond donors (Lipinski definition) is 2. The topological polar surface area (TPSA) is 61.4 Å². The van der Waals surface area contributed by atoms with Gasteiger partial charge in [-0.25, -0.2) is 0 Å². The number of ketones is 1. The van der Waals surface area contributed by atoms with Crippen LogP contribution in [-0.2, 0) is 16.1 Å². The Bertz CT molecular complexity index is 1450. The van der Waals surface area contributed by atoms with Gasteiger partial charge in [-0.05, 0) is 53.3 Å². The highest BCUT2D eigenvalue weighted by atomic mass is 35.5. The summed E-state index contributed by atoms with van der Waals surface area (Å²) in [5, 5.41) is 7.96. The van der Waals surface area contributed by atoms with Gasteiger partial charge in [0.15, 0.2) is 5.78 Å². The zero-order valence-electron chi connectivity index (χ0n) is 21.2. The van der Waals surface area contributed by atoms with Crippen LogP contribution in [0.5, 0.6) is 0 Å². The number of nitrogens with one attached hydrogen (secondary N) is 2. The molecule has 38 heavy (non-hydrogen) atoms. The highest BCUT2D eigenvalue weighted by Crippen LogP contribution is 2.48. The molecule has 1 aliphatic heterocycles. The molecule has 0 fully saturated rings. The Hall–Kier alpha value is -2.99. The van der Waals surface area contributed by atoms with Gasteiger partial charge >= 0.3 is 0 Å². The minimum atomic E-state index is -0.537. The first kappa shape index (κ1) is 26.6. The standard InChI is InChI=1S/C30H28Cl3N3O2/c1-30(2)14-24-28(26(37)15-30)29(18-11-12-21(32)22(33)13-18)36(25-10-6-5-9-23(25)35-24)17-27(38)34-16-19-7-3-4-8-20(19)31/h3-13,29,35H,14-17H2,1-2H3,(H,34,38). The van der Waals surface area contributed by atoms with Gasteiger partial charge in [0.2, 0.25) is 5.91 Å². The van der Waals surface area contributed by atoms with E-state index in [-0.39, 0.29) is 23.7 Å². The summed E-state index contributed by atoms with van der Waals surface area (Å²) in [6, 6.07) is 20.1. The van der Waals surface area contributed by atoms with Crippen LogP contribution in [0.1, 0.15) is 43.9 Å². The largest absolute Gasteiger partial charge is 0.357 e. The molecule has 1 amide bonds. The first-order chi connectivity index (χ1) is 18.1. The van der Waals surface area contributed by atoms with Crippen molar-refractivity contribution in [3.05, 3.63) is 104 Å². The monoisotopic (exact) mass is 567 g/mol. The van der Waals surface area contributed by atoms with Gasteiger partial charge < -0.3 is 15.5 Å². The summed E-state index contributed by atoms with van der Waals surface area (Å²) in [6.07, 6.45) is 1.11. The van der Waals surface area contributed by atoms with Gasteiger partial charge in [-0.2, -0.15) is 0 Å². The molecule has 3 aromatic rings. The van der Waals surface area contributed by atoms with Crippen molar-refractivity contribution in [1.29, 1.82) is 0 Å². The third-order valence-corrected chi connectivity index (χ3v) is 8.12. The van der Waals surface area contributed by atoms with Gasteiger partial charge in [-0.3, -0.25) is 9.59 Å². The van der Waals surface area contributed by atoms with Gasteiger partial charge in [-0.1, -0.05) is 85.0 Å². The zero-order valence-corrected chi connectivity index (χ0v) is 23.4. The first-order valence-corrected chi connectivity index (χ1v) is 13.6. The number of fused-ring (bicyclic) bond motifs is 1. The number of carbonyl (C=O) groups excluding carboxylic acids is 2. The molecule has 0 saturated heterocycles. The van der Waals surface area contributed by atoms with Crippen LogP contribution in [0.3, 0.4) is 0 Å². The maximum atomic E-state index is 13.8. The van der Waals surface area contributed by atoms with Crippen LogP contribution in [0, 0.1) is 5.41 Å². The summed E-state index contributed by atoms with van der Waals surface area (Å²) in [5.74, 6) is -0.147. The minimum absolute atomic E-state index is 0.0154. The number of halogens is 3. The molecule has 196 valence electrons. The minimum Gasteiger partial charge on any atom is -0.357 e. The number of anilines is 2. The van der Waals surface area contributed by atoms with Crippen molar-refractivity contribution in [3.8, 4) is 0 Å². The van der Waals surface area contributed by atoms with Gasteiger partial charge in [0, 0.05) is 29.3 Å². The Morgan fingerprint density at radius 3 is 2.47 bits per heavy atom. The average molecular weight is 569 g/mol. The van der Waals surface area contributed by atoms with E-state index < -0.39 is 6.04 Å². The lowest BCUT2D eigenvalue weighted by Gasteiger charge is -2.38. The Morgan fingerprint density at radius 2 is 1.71 bits per heavy atom. The molecule has 1 heterocycles. The van der Waals surface area contributed by atoms with Gasteiger partial charge in [0.25, 0.3) is 0 Å². The van der Waals surface area contributed by atoms with Crippen molar-refractivity contribution >= 4 is 57.9 Å². The number of hydrogen-bond acceptors (Lipinski definition) is 4. The zero-order chi connectivity index (χ0) is 27.0. The van der Waals surface area contributed by atoms with E-state index in [1.54, 1.807) is 18.2 Å². The van der Waals surface area contributed by atoms with Crippen LogP contribution in [0.2, 0.25) is 15.1 Å². The molecule has 5 nitrogen and oxygen atoms in total. The van der Waals surface area contributed by atoms with Crippen LogP contribution in [-0.4, -0.2) is 18.2 Å². The Morgan fingerprint density at radius 1 is 0.974 bits per heavy atom. The summed E-state index contributed by atoms with van der Waals surface area (Å²) in [5.41, 5.74) is 4.60. The molecule has 1 unspecified atom stereocenters. The summed E-state index contributed by atoms with van der Waals surface area (Å²) >= 11 is 19.0. The van der Waals surface area contributed by atoms with Crippen LogP contribution in [0.25, 0.3) is 0 Å². The molecule has 2 N–H and O–H groups in total. The summed E-state index contributed by atoms with van der Waals surface area (Å²) in [7, 11) is 0. The number of Topliss-reactive ketones (excluding diaryl/α,β-unsaturated/α-hetero) is 1. The van der Waals surface area contributed by atoms with E-state index in [0.29, 0.717) is 40.0 Å². The summed E-state index contributed by atoms with van der Waals surface area (Å²) in [4.78, 5) is 29.1. The van der Waals surface area contributed by atoms with E-state index in [1.807, 2.05) is 53.4 Å². The molecule has 0 aromatic heterocycles. The van der Waals surface area contributed by atoms with Crippen molar-refractivity contribution in [2.75, 3.05) is 16.8 Å². The molecule has 0 saturated carbocycles. The molecule has 2 aliphatic rings. The number of nitrogens with zero attached hydrogens (tertiary/aromatic N) is 1. The van der Waals surface area contributed by atoms with Crippen LogP contribution < -0.4 is 15.5 Å². The Kier molecular flexibility index (Phi) is 7.45. The lowest BCUT2D eigenvalue weighted by atomic mass is 9.73. The third kappa shape index (κ3) is 5.42. The quantitative estimate of drug-likeness (QED) is 0.333. The van der Waals surface area contributed by atoms with Crippen molar-refractivity contribution in [2.45, 2.75) is 39.3 Å². The fraction of sp³-hybridized carbons (Fsp3) is 0.267. The van der Waals surface area contributed by atoms with Crippen LogP contribution in [0.4, 0.5) is 11.4 Å². The molecule has 0 radical (unpaired) electrons. The van der Waals surface area contributed by atoms with Crippen molar-refractivity contribution in [1.82, 2.24) is 5.32 Å². The average Bonchev–Trinajstić information content (AvgIpc) is 2.99. The number of benzene rings is 3. The molecule has 0 spiro atoms. The maximum Gasteiger partial charge on any atom is 0.239 e. The van der Waals surface area contributed by atoms with E-state index in [9.17, 15) is 9.59 Å². The van der Waals surface area contributed by atoms with E-state index in [0.717, 1.165) is 28.2 Å². The summed E-state index contributed by atoms with van der Waals surface area (Å²) in [6.45, 7) is 4.51. The Balaban J connectivity index is 1.59. The van der Waals surface area contributed by atoms with Crippen LogP contribution in [0.15, 0.2) is 78.0 Å². The van der Waals surface area contributed by atoms with Gasteiger partial charge in [-0.15, -0.1) is 0 Å². The molecule has 0 bridgehead atoms. The van der Waals surface area contributed by atoms with Crippen molar-refractivity contribution in [2.24, 2.45) is 5.41 Å². The van der Waals surface area contributed by atoms with Crippen LogP contribution >= 0.6 is 34.8 Å². The van der Waals surface area contributed by atoms with E-state index in [4.69, 9.17) is 34.8 Å². The van der Waals surface area contributed by atoms with Gasteiger partial charge in [0.05, 0.1) is 34.0 Å². The fourth-order valence-electron chi connectivity index (χ4n) is 5.30. The number of amides is 1. The molecule has 1 aliphatic carbocycles. The highest BCUT2D eigenvalue weighted by Gasteiger charge is 2.42. The smallest absolute Gasteiger partial charge is 0.239 e. The first-order valence-electron chi connectivity index (χ1n) is 12.5. The third-order valence-electron chi connectivity index (χ3n) is 7.01. The second-order valence-electron chi connectivity index (χ2n) is 10.5. The molecule has 1 atom stereocenters. The lowest BCUT2D eigenvalue weighted by molar-refractivity contribution is -0.120. The number of para-hydroxylation sites is 2. The van der Waals surface area contributed by atoms with E-state index >= 15 is 0 Å². The molecule has 3 aromatic carbocycles. The number of rotatable bonds is 5. The second kappa shape index (κ2) is 10.6. The highest BCUT2D eigenvalue weighted by molar-refractivity contribution is 6.42. The predicted octanol–water partition coefficient (Wildman–Crippen LogP) is 7.58. The van der Waals surface area contributed by atoms with E-state index in [1.165, 1.54) is 0 Å². The van der Waals surface area contributed by atoms with Crippen molar-refractivity contribution in [3.63, 3.8) is 0 Å². The van der Waals surface area contributed by atoms with Crippen molar-refractivity contribution < 1.29 is 9.59 Å². The second-order valence-corrected chi connectivity index (χ2v) is 11.8. The molecular formula is C30H28Cl3N3O2. The van der Waals surface area contributed by atoms with E-state index in [2.05, 4.69) is 24.5 Å². The number of carbonyl (C=O) groups is 2. The molecule has 5 rings (SSSR count). The van der Waals surface area contributed by atoms with Gasteiger partial charge in [0.1, 0.15) is 0 Å². The maximum absolute atomic E-state index is 13.8. The lowest BCUT2D eigenvalue weighted by Crippen LogP contribution is -2.42.